The van der Waals surface area contributed by atoms with E-state index in [0.29, 0.717) is 15.0 Å². The minimum Gasteiger partial charge on any atom is -0.366 e. The number of aromatic nitrogens is 5. The summed E-state index contributed by atoms with van der Waals surface area (Å²) in [6.07, 6.45) is -1.28. The number of thiophene rings is 1. The maximum atomic E-state index is 13.0. The molecule has 180 valence electrons. The van der Waals surface area contributed by atoms with Gasteiger partial charge < -0.3 is 21.0 Å². The minimum absolute atomic E-state index is 0.0136. The number of carbonyl (C=O) groups excluding carboxylic acids is 2. The first kappa shape index (κ1) is 22.5. The number of halogens is 3. The van der Waals surface area contributed by atoms with Gasteiger partial charge in [0, 0.05) is 33.2 Å². The molecule has 0 saturated heterocycles. The van der Waals surface area contributed by atoms with E-state index in [-0.39, 0.29) is 40.1 Å². The molecule has 4 aromatic heterocycles. The zero-order valence-electron chi connectivity index (χ0n) is 17.6. The van der Waals surface area contributed by atoms with E-state index in [1.54, 1.807) is 24.5 Å². The molecule has 0 aliphatic heterocycles. The van der Waals surface area contributed by atoms with Crippen LogP contribution in [0.5, 0.6) is 0 Å². The number of hydrogen-bond donors (Lipinski definition) is 5. The second kappa shape index (κ2) is 8.16. The van der Waals surface area contributed by atoms with Crippen molar-refractivity contribution in [2.75, 3.05) is 0 Å². The highest BCUT2D eigenvalue weighted by Crippen LogP contribution is 2.29. The fourth-order valence-corrected chi connectivity index (χ4v) is 4.81. The number of primary amides is 1. The van der Waals surface area contributed by atoms with Gasteiger partial charge in [0.2, 0.25) is 0 Å². The van der Waals surface area contributed by atoms with Crippen LogP contribution >= 0.6 is 11.3 Å². The topological polar surface area (TPSA) is 154 Å². The van der Waals surface area contributed by atoms with E-state index < -0.39 is 24.3 Å². The lowest BCUT2D eigenvalue weighted by Crippen LogP contribution is -2.26. The number of hydrogen-bond acceptors (Lipinski definition) is 5. The van der Waals surface area contributed by atoms with Crippen LogP contribution in [0.15, 0.2) is 41.5 Å². The van der Waals surface area contributed by atoms with Gasteiger partial charge in [-0.05, 0) is 24.3 Å². The first-order valence-electron chi connectivity index (χ1n) is 10.1. The summed E-state index contributed by atoms with van der Waals surface area (Å²) in [7, 11) is 0. The maximum absolute atomic E-state index is 13.0. The van der Waals surface area contributed by atoms with Gasteiger partial charge in [-0.3, -0.25) is 19.3 Å². The SMILES string of the molecule is NC(=O)c1c(CNC(=O)c2ccc(-c3cn[nH]c3)s2)[nH]c2cc3[nH]c(=O)n(CC(F)(F)F)c3cc12. The molecule has 0 aliphatic rings. The monoisotopic (exact) mass is 503 g/mol. The smallest absolute Gasteiger partial charge is 0.366 e. The molecule has 14 heteroatoms. The molecule has 0 aliphatic carbocycles. The number of carbonyl (C=O) groups is 2. The normalized spacial score (nSPS) is 12.0. The first-order valence-corrected chi connectivity index (χ1v) is 10.9. The number of nitrogens with zero attached hydrogens (tertiary/aromatic N) is 2. The van der Waals surface area contributed by atoms with Gasteiger partial charge in [-0.15, -0.1) is 11.3 Å². The van der Waals surface area contributed by atoms with E-state index >= 15 is 0 Å². The van der Waals surface area contributed by atoms with Gasteiger partial charge in [-0.2, -0.15) is 18.3 Å². The second-order valence-electron chi connectivity index (χ2n) is 7.72. The van der Waals surface area contributed by atoms with Crippen molar-refractivity contribution in [3.8, 4) is 10.4 Å². The molecular weight excluding hydrogens is 487 g/mol. The molecule has 0 unspecified atom stereocenters. The molecule has 0 atom stereocenters. The van der Waals surface area contributed by atoms with Crippen LogP contribution in [-0.2, 0) is 13.1 Å². The van der Waals surface area contributed by atoms with Crippen LogP contribution in [0.25, 0.3) is 32.4 Å². The van der Waals surface area contributed by atoms with Crippen LogP contribution in [-0.4, -0.2) is 42.7 Å². The summed E-state index contributed by atoms with van der Waals surface area (Å²) >= 11 is 1.26. The largest absolute Gasteiger partial charge is 0.406 e. The Morgan fingerprint density at radius 3 is 2.66 bits per heavy atom. The number of aromatic amines is 3. The summed E-state index contributed by atoms with van der Waals surface area (Å²) < 4.78 is 39.4. The number of amides is 2. The minimum atomic E-state index is -4.62. The number of benzene rings is 1. The van der Waals surface area contributed by atoms with Crippen molar-refractivity contribution in [1.29, 1.82) is 0 Å². The van der Waals surface area contributed by atoms with Gasteiger partial charge in [-0.25, -0.2) is 4.79 Å². The van der Waals surface area contributed by atoms with Gasteiger partial charge in [-0.1, -0.05) is 0 Å². The van der Waals surface area contributed by atoms with E-state index in [1.165, 1.54) is 23.5 Å². The van der Waals surface area contributed by atoms with E-state index in [9.17, 15) is 27.6 Å². The highest BCUT2D eigenvalue weighted by molar-refractivity contribution is 7.17. The number of nitrogens with two attached hydrogens (primary N) is 1. The third-order valence-electron chi connectivity index (χ3n) is 5.39. The van der Waals surface area contributed by atoms with Crippen molar-refractivity contribution in [1.82, 2.24) is 30.0 Å². The Kier molecular flexibility index (Phi) is 5.24. The summed E-state index contributed by atoms with van der Waals surface area (Å²) in [5.41, 5.74) is 6.26. The summed E-state index contributed by atoms with van der Waals surface area (Å²) in [6.45, 7) is -1.58. The highest BCUT2D eigenvalue weighted by atomic mass is 32.1. The molecule has 10 nitrogen and oxygen atoms in total. The molecule has 0 bridgehead atoms. The molecule has 2 amide bonds. The summed E-state index contributed by atoms with van der Waals surface area (Å²) in [4.78, 5) is 43.6. The van der Waals surface area contributed by atoms with Crippen molar-refractivity contribution in [2.45, 2.75) is 19.3 Å². The number of rotatable bonds is 6. The molecule has 0 fully saturated rings. The average molecular weight is 503 g/mol. The number of alkyl halides is 3. The molecule has 0 radical (unpaired) electrons. The van der Waals surface area contributed by atoms with Gasteiger partial charge >= 0.3 is 11.9 Å². The molecule has 5 rings (SSSR count). The van der Waals surface area contributed by atoms with Crippen LogP contribution < -0.4 is 16.7 Å². The lowest BCUT2D eigenvalue weighted by Gasteiger charge is -2.07. The van der Waals surface area contributed by atoms with Crippen LogP contribution in [0.3, 0.4) is 0 Å². The zero-order chi connectivity index (χ0) is 24.9. The molecule has 5 aromatic rings. The van der Waals surface area contributed by atoms with Gasteiger partial charge in [0.25, 0.3) is 11.8 Å². The first-order chi connectivity index (χ1) is 16.6. The Morgan fingerprint density at radius 2 is 1.97 bits per heavy atom. The predicted octanol–water partition coefficient (Wildman–Crippen LogP) is 2.85. The molecule has 0 saturated carbocycles. The van der Waals surface area contributed by atoms with Gasteiger partial charge in [0.1, 0.15) is 6.54 Å². The number of H-pyrrole nitrogens is 3. The lowest BCUT2D eigenvalue weighted by atomic mass is 10.1. The fourth-order valence-electron chi connectivity index (χ4n) is 3.91. The van der Waals surface area contributed by atoms with Crippen molar-refractivity contribution in [3.63, 3.8) is 0 Å². The third-order valence-corrected chi connectivity index (χ3v) is 6.53. The zero-order valence-corrected chi connectivity index (χ0v) is 18.4. The van der Waals surface area contributed by atoms with Crippen LogP contribution in [0, 0.1) is 0 Å². The third kappa shape index (κ3) is 4.19. The van der Waals surface area contributed by atoms with Gasteiger partial charge in [0.05, 0.1) is 34.2 Å². The van der Waals surface area contributed by atoms with E-state index in [0.717, 1.165) is 10.4 Å². The van der Waals surface area contributed by atoms with Crippen molar-refractivity contribution < 1.29 is 22.8 Å². The Hall–Kier alpha value is -4.33. The lowest BCUT2D eigenvalue weighted by molar-refractivity contribution is -0.140. The van der Waals surface area contributed by atoms with Gasteiger partial charge in [0.15, 0.2) is 0 Å². The molecule has 1 aromatic carbocycles. The molecule has 0 spiro atoms. The number of nitrogens with one attached hydrogen (secondary N) is 4. The van der Waals surface area contributed by atoms with Crippen molar-refractivity contribution >= 4 is 45.1 Å². The predicted molar refractivity (Wildman–Crippen MR) is 122 cm³/mol. The number of fused-ring (bicyclic) bond motifs is 2. The standard InChI is InChI=1S/C21H16F3N7O3S/c22-21(23,24)8-31-14-3-10-11(4-12(14)30-20(31)34)29-13(17(10)18(25)32)7-26-19(33)16-2-1-15(35-16)9-5-27-28-6-9/h1-6,29H,7-8H2,(H2,25,32)(H,26,33)(H,27,28)(H,30,34). The molecule has 6 N–H and O–H groups in total. The van der Waals surface area contributed by atoms with E-state index in [1.807, 2.05) is 0 Å². The fraction of sp³-hybridized carbons (Fsp3) is 0.143. The Labute approximate surface area is 196 Å². The molecular formula is C21H16F3N7O3S. The molecule has 4 heterocycles. The average Bonchev–Trinajstić information content (AvgIpc) is 3.56. The summed E-state index contributed by atoms with van der Waals surface area (Å²) in [5.74, 6) is -1.22. The highest BCUT2D eigenvalue weighted by Gasteiger charge is 2.30. The van der Waals surface area contributed by atoms with Crippen LogP contribution in [0.4, 0.5) is 13.2 Å². The van der Waals surface area contributed by atoms with Crippen LogP contribution in [0.2, 0.25) is 0 Å². The maximum Gasteiger partial charge on any atom is 0.406 e. The van der Waals surface area contributed by atoms with E-state index in [4.69, 9.17) is 5.73 Å². The Balaban J connectivity index is 1.46. The summed E-state index contributed by atoms with van der Waals surface area (Å²) in [5, 5.41) is 9.53. The summed E-state index contributed by atoms with van der Waals surface area (Å²) in [6, 6.07) is 6.16. The van der Waals surface area contributed by atoms with Crippen molar-refractivity contribution in [3.05, 3.63) is 63.3 Å². The van der Waals surface area contributed by atoms with Crippen molar-refractivity contribution in [2.24, 2.45) is 5.73 Å². The number of imidazole rings is 1. The second-order valence-corrected chi connectivity index (χ2v) is 8.81. The Morgan fingerprint density at radius 1 is 1.17 bits per heavy atom. The van der Waals surface area contributed by atoms with Crippen LogP contribution in [0.1, 0.15) is 25.7 Å². The Bertz CT molecular complexity index is 1640. The molecule has 35 heavy (non-hydrogen) atoms. The quantitative estimate of drug-likeness (QED) is 0.242. The van der Waals surface area contributed by atoms with E-state index in [2.05, 4.69) is 25.5 Å².